The van der Waals surface area contributed by atoms with Crippen LogP contribution in [0.4, 0.5) is 0 Å². The van der Waals surface area contributed by atoms with Crippen LogP contribution in [0.3, 0.4) is 0 Å². The molecule has 0 radical (unpaired) electrons. The van der Waals surface area contributed by atoms with Crippen molar-refractivity contribution < 1.29 is 14.3 Å². The normalized spacial score (nSPS) is 16.2. The third-order valence-electron chi connectivity index (χ3n) is 4.29. The van der Waals surface area contributed by atoms with Gasteiger partial charge in [0.2, 0.25) is 0 Å². The molecule has 1 unspecified atom stereocenters. The fourth-order valence-corrected chi connectivity index (χ4v) is 3.08. The van der Waals surface area contributed by atoms with Crippen molar-refractivity contribution in [1.29, 1.82) is 5.26 Å². The second-order valence-electron chi connectivity index (χ2n) is 5.75. The molecule has 0 heterocycles. The molecule has 24 heavy (non-hydrogen) atoms. The summed E-state index contributed by atoms with van der Waals surface area (Å²) in [6.07, 6.45) is 0.988. The van der Waals surface area contributed by atoms with Gasteiger partial charge in [0.25, 0.3) is 0 Å². The molecule has 0 fully saturated rings. The number of rotatable bonds is 3. The topological polar surface area (TPSA) is 67.2 Å². The Morgan fingerprint density at radius 3 is 2.54 bits per heavy atom. The Morgan fingerprint density at radius 2 is 1.88 bits per heavy atom. The molecular formula is C20H17NO3. The molecule has 2 aromatic rings. The quantitative estimate of drug-likeness (QED) is 0.642. The van der Waals surface area contributed by atoms with Gasteiger partial charge in [0.05, 0.1) is 18.2 Å². The Bertz CT molecular complexity index is 831. The minimum Gasteiger partial charge on any atom is -0.465 e. The zero-order valence-electron chi connectivity index (χ0n) is 13.4. The van der Waals surface area contributed by atoms with Gasteiger partial charge in [-0.1, -0.05) is 30.3 Å². The average molecular weight is 319 g/mol. The van der Waals surface area contributed by atoms with Gasteiger partial charge in [0, 0.05) is 6.42 Å². The van der Waals surface area contributed by atoms with Gasteiger partial charge in [-0.2, -0.15) is 5.26 Å². The number of aryl methyl sites for hydroxylation is 1. The zero-order valence-corrected chi connectivity index (χ0v) is 13.4. The number of Topliss-reactive ketones (excluding diaryl/α,β-unsaturated/α-hetero) is 1. The van der Waals surface area contributed by atoms with E-state index in [0.29, 0.717) is 18.4 Å². The molecule has 120 valence electrons. The molecule has 0 amide bonds. The lowest BCUT2D eigenvalue weighted by atomic mass is 9.80. The highest BCUT2D eigenvalue weighted by Crippen LogP contribution is 2.33. The van der Waals surface area contributed by atoms with Gasteiger partial charge in [-0.25, -0.2) is 0 Å². The van der Waals surface area contributed by atoms with Gasteiger partial charge < -0.3 is 4.74 Å². The summed E-state index contributed by atoms with van der Waals surface area (Å²) in [5, 5.41) is 8.88. The minimum absolute atomic E-state index is 0.0768. The fourth-order valence-electron chi connectivity index (χ4n) is 3.08. The van der Waals surface area contributed by atoms with Gasteiger partial charge in [-0.15, -0.1) is 0 Å². The number of ether oxygens (including phenoxy) is 1. The van der Waals surface area contributed by atoms with Gasteiger partial charge >= 0.3 is 5.97 Å². The molecule has 0 aliphatic heterocycles. The summed E-state index contributed by atoms with van der Waals surface area (Å²) in [4.78, 5) is 24.3. The Morgan fingerprint density at radius 1 is 1.17 bits per heavy atom. The van der Waals surface area contributed by atoms with E-state index >= 15 is 0 Å². The van der Waals surface area contributed by atoms with Gasteiger partial charge in [0.1, 0.15) is 5.92 Å². The van der Waals surface area contributed by atoms with Gasteiger partial charge in [-0.3, -0.25) is 9.59 Å². The summed E-state index contributed by atoms with van der Waals surface area (Å²) in [5.74, 6) is -1.34. The minimum atomic E-state index is -0.802. The first-order chi connectivity index (χ1) is 11.6. The highest BCUT2D eigenvalue weighted by Gasteiger charge is 2.34. The maximum Gasteiger partial charge on any atom is 0.321 e. The van der Waals surface area contributed by atoms with Crippen LogP contribution >= 0.6 is 0 Å². The second kappa shape index (κ2) is 6.67. The number of nitrogens with zero attached hydrogens (tertiary/aromatic N) is 1. The third kappa shape index (κ3) is 2.93. The zero-order chi connectivity index (χ0) is 17.1. The number of ketones is 1. The molecular weight excluding hydrogens is 302 g/mol. The molecule has 2 aromatic carbocycles. The van der Waals surface area contributed by atoms with Crippen molar-refractivity contribution in [1.82, 2.24) is 0 Å². The summed E-state index contributed by atoms with van der Waals surface area (Å²) < 4.78 is 5.06. The second-order valence-corrected chi connectivity index (χ2v) is 5.75. The third-order valence-corrected chi connectivity index (χ3v) is 4.29. The van der Waals surface area contributed by atoms with Crippen LogP contribution in [0.25, 0.3) is 11.1 Å². The maximum absolute atomic E-state index is 12.2. The molecule has 3 rings (SSSR count). The van der Waals surface area contributed by atoms with Crippen LogP contribution in [0.2, 0.25) is 0 Å². The number of nitriles is 1. The van der Waals surface area contributed by atoms with E-state index in [1.165, 1.54) is 0 Å². The maximum atomic E-state index is 12.2. The average Bonchev–Trinajstić information content (AvgIpc) is 2.61. The SMILES string of the molecule is CCOC(=O)C1C(=O)CCc2cc(-c3ccc(C#N)cc3)ccc21. The van der Waals surface area contributed by atoms with Crippen LogP contribution < -0.4 is 0 Å². The molecule has 1 aliphatic rings. The number of esters is 1. The molecule has 0 bridgehead atoms. The van der Waals surface area contributed by atoms with E-state index < -0.39 is 11.9 Å². The van der Waals surface area contributed by atoms with E-state index in [2.05, 4.69) is 6.07 Å². The highest BCUT2D eigenvalue weighted by atomic mass is 16.5. The lowest BCUT2D eigenvalue weighted by molar-refractivity contribution is -0.148. The highest BCUT2D eigenvalue weighted by molar-refractivity contribution is 6.06. The summed E-state index contributed by atoms with van der Waals surface area (Å²) in [6, 6.07) is 15.2. The first-order valence-electron chi connectivity index (χ1n) is 7.96. The molecule has 4 nitrogen and oxygen atoms in total. The smallest absolute Gasteiger partial charge is 0.321 e. The van der Waals surface area contributed by atoms with E-state index in [-0.39, 0.29) is 12.4 Å². The predicted octanol–water partition coefficient (Wildman–Crippen LogP) is 3.39. The number of fused-ring (bicyclic) bond motifs is 1. The summed E-state index contributed by atoms with van der Waals surface area (Å²) in [6.45, 7) is 2.00. The molecule has 0 spiro atoms. The van der Waals surface area contributed by atoms with Crippen LogP contribution in [0.5, 0.6) is 0 Å². The van der Waals surface area contributed by atoms with Gasteiger partial charge in [0.15, 0.2) is 5.78 Å². The van der Waals surface area contributed by atoms with Crippen LogP contribution in [0, 0.1) is 11.3 Å². The van der Waals surface area contributed by atoms with Crippen molar-refractivity contribution in [2.24, 2.45) is 0 Å². The molecule has 0 saturated carbocycles. The lowest BCUT2D eigenvalue weighted by Crippen LogP contribution is -2.29. The number of hydrogen-bond acceptors (Lipinski definition) is 4. The first-order valence-corrected chi connectivity index (χ1v) is 7.96. The van der Waals surface area contributed by atoms with E-state index in [9.17, 15) is 9.59 Å². The molecule has 1 aliphatic carbocycles. The van der Waals surface area contributed by atoms with Crippen LogP contribution in [-0.2, 0) is 20.7 Å². The number of hydrogen-bond donors (Lipinski definition) is 0. The summed E-state index contributed by atoms with van der Waals surface area (Å²) in [5.41, 5.74) is 4.39. The Kier molecular flexibility index (Phi) is 4.43. The van der Waals surface area contributed by atoms with E-state index in [1.54, 1.807) is 19.1 Å². The number of benzene rings is 2. The van der Waals surface area contributed by atoms with Crippen LogP contribution in [-0.4, -0.2) is 18.4 Å². The largest absolute Gasteiger partial charge is 0.465 e. The van der Waals surface area contributed by atoms with E-state index in [1.807, 2.05) is 30.3 Å². The van der Waals surface area contributed by atoms with Crippen LogP contribution in [0.1, 0.15) is 36.0 Å². The van der Waals surface area contributed by atoms with E-state index in [4.69, 9.17) is 10.00 Å². The van der Waals surface area contributed by atoms with Crippen molar-refractivity contribution in [2.45, 2.75) is 25.7 Å². The monoisotopic (exact) mass is 319 g/mol. The molecule has 0 saturated heterocycles. The fraction of sp³-hybridized carbons (Fsp3) is 0.250. The Hall–Kier alpha value is -2.93. The van der Waals surface area contributed by atoms with Crippen molar-refractivity contribution in [3.8, 4) is 17.2 Å². The summed E-state index contributed by atoms with van der Waals surface area (Å²) in [7, 11) is 0. The number of carbonyl (C=O) groups excluding carboxylic acids is 2. The van der Waals surface area contributed by atoms with Crippen molar-refractivity contribution in [3.63, 3.8) is 0 Å². The molecule has 0 aromatic heterocycles. The molecule has 1 atom stereocenters. The number of carbonyl (C=O) groups is 2. The summed E-state index contributed by atoms with van der Waals surface area (Å²) >= 11 is 0. The van der Waals surface area contributed by atoms with Crippen molar-refractivity contribution in [2.75, 3.05) is 6.61 Å². The van der Waals surface area contributed by atoms with Crippen LogP contribution in [0.15, 0.2) is 42.5 Å². The first kappa shape index (κ1) is 15.9. The molecule has 0 N–H and O–H groups in total. The lowest BCUT2D eigenvalue weighted by Gasteiger charge is -2.23. The Labute approximate surface area is 140 Å². The van der Waals surface area contributed by atoms with Crippen molar-refractivity contribution in [3.05, 3.63) is 59.2 Å². The molecule has 4 heteroatoms. The van der Waals surface area contributed by atoms with Crippen molar-refractivity contribution >= 4 is 11.8 Å². The Balaban J connectivity index is 1.97. The standard InChI is InChI=1S/C20H17NO3/c1-2-24-20(23)19-17-9-7-15(11-16(17)8-10-18(19)22)14-5-3-13(12-21)4-6-14/h3-7,9,11,19H,2,8,10H2,1H3. The predicted molar refractivity (Wildman–Crippen MR) is 89.3 cm³/mol. The van der Waals surface area contributed by atoms with E-state index in [0.717, 1.165) is 22.3 Å². The van der Waals surface area contributed by atoms with Gasteiger partial charge in [-0.05, 0) is 47.7 Å².